The third-order valence-corrected chi connectivity index (χ3v) is 6.62. The maximum absolute atomic E-state index is 14.0. The number of hydrogen-bond donors (Lipinski definition) is 0. The number of rotatable bonds is 2. The number of carbonyl (C=O) groups is 3. The summed E-state index contributed by atoms with van der Waals surface area (Å²) >= 11 is 0. The van der Waals surface area contributed by atoms with Crippen LogP contribution in [0.2, 0.25) is 0 Å². The summed E-state index contributed by atoms with van der Waals surface area (Å²) in [7, 11) is 0. The second-order valence-corrected chi connectivity index (χ2v) is 8.62. The minimum absolute atomic E-state index is 0.305. The Labute approximate surface area is 186 Å². The number of ether oxygens (including phenoxy) is 2. The van der Waals surface area contributed by atoms with Gasteiger partial charge >= 0.3 is 11.9 Å². The number of hydrogen-bond acceptors (Lipinski definition) is 6. The van der Waals surface area contributed by atoms with Crippen molar-refractivity contribution >= 4 is 28.7 Å². The van der Waals surface area contributed by atoms with Crippen molar-refractivity contribution in [2.45, 2.75) is 44.5 Å². The largest absolute Gasteiger partial charge is 0.456 e. The molecule has 1 aromatic heterocycles. The molecule has 0 radical (unpaired) electrons. The number of benzene rings is 1. The van der Waals surface area contributed by atoms with Crippen molar-refractivity contribution in [3.05, 3.63) is 48.2 Å². The van der Waals surface area contributed by atoms with Gasteiger partial charge in [0.25, 0.3) is 11.6 Å². The summed E-state index contributed by atoms with van der Waals surface area (Å²) in [5, 5.41) is 1.13. The van der Waals surface area contributed by atoms with Crippen LogP contribution >= 0.6 is 0 Å². The first-order chi connectivity index (χ1) is 15.6. The molecular formula is C24H27N3O5. The molecule has 1 unspecified atom stereocenters. The van der Waals surface area contributed by atoms with Crippen LogP contribution in [-0.4, -0.2) is 64.2 Å². The Morgan fingerprint density at radius 1 is 0.906 bits per heavy atom. The standard InChI is InChI=1S/C24H27N3O5/c28-21-9-10-22(29)32-24(17-31-21,26-11-5-1-2-6-12-26)23(30)25-13-14-27-19(16-25)15-18-7-3-4-8-20(18)27/h3-4,7-10,15H,1-2,5-6,11-14,16-17H2/b10-9-. The molecule has 8 heteroatoms. The van der Waals surface area contributed by atoms with E-state index in [1.54, 1.807) is 4.90 Å². The van der Waals surface area contributed by atoms with Gasteiger partial charge in [0.2, 0.25) is 0 Å². The molecule has 1 amide bonds. The van der Waals surface area contributed by atoms with Gasteiger partial charge in [0, 0.05) is 49.5 Å². The minimum atomic E-state index is -1.64. The zero-order valence-electron chi connectivity index (χ0n) is 18.0. The summed E-state index contributed by atoms with van der Waals surface area (Å²) in [4.78, 5) is 42.2. The molecule has 0 aliphatic carbocycles. The third kappa shape index (κ3) is 3.68. The molecule has 1 fully saturated rings. The van der Waals surface area contributed by atoms with Crippen LogP contribution in [0.15, 0.2) is 42.5 Å². The topological polar surface area (TPSA) is 81.1 Å². The second-order valence-electron chi connectivity index (χ2n) is 8.62. The van der Waals surface area contributed by atoms with Crippen LogP contribution < -0.4 is 0 Å². The molecule has 1 saturated heterocycles. The van der Waals surface area contributed by atoms with Crippen molar-refractivity contribution in [3.63, 3.8) is 0 Å². The second kappa shape index (κ2) is 8.43. The Morgan fingerprint density at radius 3 is 2.47 bits per heavy atom. The Bertz CT molecular complexity index is 1080. The maximum Gasteiger partial charge on any atom is 0.333 e. The van der Waals surface area contributed by atoms with E-state index >= 15 is 0 Å². The van der Waals surface area contributed by atoms with Gasteiger partial charge in [-0.05, 0) is 30.4 Å². The van der Waals surface area contributed by atoms with E-state index in [2.05, 4.69) is 22.8 Å². The molecule has 0 bridgehead atoms. The SMILES string of the molecule is O=C1/C=C\C(=O)OC(C(=O)N2CCn3c(cc4ccccc43)C2)(N2CCCCCC2)CO1. The van der Waals surface area contributed by atoms with Crippen LogP contribution in [-0.2, 0) is 36.9 Å². The number of likely N-dealkylation sites (tertiary alicyclic amines) is 1. The highest BCUT2D eigenvalue weighted by molar-refractivity contribution is 5.96. The molecule has 3 aliphatic rings. The van der Waals surface area contributed by atoms with Crippen LogP contribution in [0.4, 0.5) is 0 Å². The molecule has 2 aromatic rings. The van der Waals surface area contributed by atoms with Crippen LogP contribution in [0.25, 0.3) is 10.9 Å². The average molecular weight is 437 g/mol. The molecular weight excluding hydrogens is 410 g/mol. The Morgan fingerprint density at radius 2 is 1.66 bits per heavy atom. The predicted molar refractivity (Wildman–Crippen MR) is 116 cm³/mol. The average Bonchev–Trinajstić information content (AvgIpc) is 2.95. The van der Waals surface area contributed by atoms with Gasteiger partial charge in [-0.1, -0.05) is 31.0 Å². The summed E-state index contributed by atoms with van der Waals surface area (Å²) in [6.07, 6.45) is 5.97. The Hall–Kier alpha value is -3.13. The Balaban J connectivity index is 1.49. The lowest BCUT2D eigenvalue weighted by Crippen LogP contribution is -2.65. The van der Waals surface area contributed by atoms with Crippen molar-refractivity contribution in [2.75, 3.05) is 26.2 Å². The third-order valence-electron chi connectivity index (χ3n) is 6.62. The first kappa shape index (κ1) is 20.8. The van der Waals surface area contributed by atoms with Crippen molar-refractivity contribution in [3.8, 4) is 0 Å². The molecule has 5 rings (SSSR count). The van der Waals surface area contributed by atoms with Gasteiger partial charge in [-0.15, -0.1) is 0 Å². The number of fused-ring (bicyclic) bond motifs is 3. The number of aromatic nitrogens is 1. The van der Waals surface area contributed by atoms with Crippen molar-refractivity contribution < 1.29 is 23.9 Å². The highest BCUT2D eigenvalue weighted by atomic mass is 16.6. The van der Waals surface area contributed by atoms with Gasteiger partial charge in [0.05, 0.1) is 6.54 Å². The van der Waals surface area contributed by atoms with Crippen LogP contribution in [0, 0.1) is 0 Å². The number of esters is 2. The zero-order chi connectivity index (χ0) is 22.1. The molecule has 3 aliphatic heterocycles. The predicted octanol–water partition coefficient (Wildman–Crippen LogP) is 2.21. The highest BCUT2D eigenvalue weighted by Crippen LogP contribution is 2.30. The van der Waals surface area contributed by atoms with Crippen LogP contribution in [0.5, 0.6) is 0 Å². The molecule has 168 valence electrons. The molecule has 8 nitrogen and oxygen atoms in total. The number of para-hydroxylation sites is 1. The first-order valence-corrected chi connectivity index (χ1v) is 11.3. The highest BCUT2D eigenvalue weighted by Gasteiger charge is 2.52. The van der Waals surface area contributed by atoms with Crippen LogP contribution in [0.3, 0.4) is 0 Å². The van der Waals surface area contributed by atoms with E-state index in [-0.39, 0.29) is 12.5 Å². The van der Waals surface area contributed by atoms with E-state index in [0.29, 0.717) is 32.7 Å². The number of carbonyl (C=O) groups excluding carboxylic acids is 3. The molecule has 4 heterocycles. The van der Waals surface area contributed by atoms with Gasteiger partial charge in [0.1, 0.15) is 0 Å². The van der Waals surface area contributed by atoms with Gasteiger partial charge in [-0.25, -0.2) is 9.59 Å². The Kier molecular flexibility index (Phi) is 5.46. The molecule has 0 N–H and O–H groups in total. The van der Waals surface area contributed by atoms with Gasteiger partial charge in [-0.2, -0.15) is 0 Å². The molecule has 32 heavy (non-hydrogen) atoms. The quantitative estimate of drug-likeness (QED) is 0.671. The number of cyclic esters (lactones) is 2. The number of nitrogens with zero attached hydrogens (tertiary/aromatic N) is 3. The monoisotopic (exact) mass is 437 g/mol. The molecule has 1 aromatic carbocycles. The fraction of sp³-hybridized carbons (Fsp3) is 0.458. The lowest BCUT2D eigenvalue weighted by Gasteiger charge is -2.44. The fourth-order valence-electron chi connectivity index (χ4n) is 4.99. The maximum atomic E-state index is 14.0. The van der Waals surface area contributed by atoms with Crippen molar-refractivity contribution in [2.24, 2.45) is 0 Å². The molecule has 1 atom stereocenters. The molecule has 0 spiro atoms. The van der Waals surface area contributed by atoms with Gasteiger partial charge < -0.3 is 18.9 Å². The van der Waals surface area contributed by atoms with E-state index < -0.39 is 17.7 Å². The van der Waals surface area contributed by atoms with Crippen molar-refractivity contribution in [1.29, 1.82) is 0 Å². The lowest BCUT2D eigenvalue weighted by molar-refractivity contribution is -0.210. The summed E-state index contributed by atoms with van der Waals surface area (Å²) in [6.45, 7) is 2.45. The summed E-state index contributed by atoms with van der Waals surface area (Å²) in [5.74, 6) is -1.68. The zero-order valence-corrected chi connectivity index (χ0v) is 18.0. The summed E-state index contributed by atoms with van der Waals surface area (Å²) in [6, 6.07) is 10.3. The van der Waals surface area contributed by atoms with E-state index in [1.807, 2.05) is 17.0 Å². The lowest BCUT2D eigenvalue weighted by atomic mass is 10.1. The summed E-state index contributed by atoms with van der Waals surface area (Å²) < 4.78 is 13.4. The first-order valence-electron chi connectivity index (χ1n) is 11.3. The van der Waals surface area contributed by atoms with Gasteiger partial charge in [0.15, 0.2) is 6.61 Å². The smallest absolute Gasteiger partial charge is 0.333 e. The van der Waals surface area contributed by atoms with E-state index in [0.717, 1.165) is 54.4 Å². The molecule has 0 saturated carbocycles. The van der Waals surface area contributed by atoms with Crippen LogP contribution in [0.1, 0.15) is 31.4 Å². The fourth-order valence-corrected chi connectivity index (χ4v) is 4.99. The van der Waals surface area contributed by atoms with E-state index in [1.165, 1.54) is 0 Å². The summed E-state index contributed by atoms with van der Waals surface area (Å²) in [5.41, 5.74) is 0.537. The van der Waals surface area contributed by atoms with Crippen molar-refractivity contribution in [1.82, 2.24) is 14.4 Å². The van der Waals surface area contributed by atoms with Gasteiger partial charge in [-0.3, -0.25) is 9.69 Å². The normalized spacial score (nSPS) is 25.8. The van der Waals surface area contributed by atoms with E-state index in [4.69, 9.17) is 9.47 Å². The van der Waals surface area contributed by atoms with E-state index in [9.17, 15) is 14.4 Å². The number of amides is 1. The minimum Gasteiger partial charge on any atom is -0.456 e.